The molecule has 0 spiro atoms. The Kier molecular flexibility index (Phi) is 8.90. The second-order valence-electron chi connectivity index (χ2n) is 5.16. The molecule has 0 aromatic heterocycles. The molecule has 0 heterocycles. The van der Waals surface area contributed by atoms with Gasteiger partial charge in [-0.25, -0.2) is 0 Å². The molecule has 0 aliphatic heterocycles. The molecule has 21 heavy (non-hydrogen) atoms. The highest BCUT2D eigenvalue weighted by Crippen LogP contribution is 2.20. The molecule has 1 aromatic rings. The molecule has 6 heteroatoms. The van der Waals surface area contributed by atoms with E-state index in [4.69, 9.17) is 22.1 Å². The topological polar surface area (TPSA) is 64.4 Å². The van der Waals surface area contributed by atoms with Crippen molar-refractivity contribution in [2.75, 3.05) is 13.7 Å². The number of carbonyl (C=O) groups is 1. The molecule has 0 aliphatic rings. The Morgan fingerprint density at radius 1 is 1.52 bits per heavy atom. The molecule has 120 valence electrons. The maximum absolute atomic E-state index is 12.1. The van der Waals surface area contributed by atoms with Crippen LogP contribution in [0.3, 0.4) is 0 Å². The maximum Gasteiger partial charge on any atom is 0.239 e. The Labute approximate surface area is 137 Å². The first-order chi connectivity index (χ1) is 9.40. The minimum Gasteiger partial charge on any atom is -0.375 e. The van der Waals surface area contributed by atoms with E-state index in [1.54, 1.807) is 20.1 Å². The van der Waals surface area contributed by atoms with Gasteiger partial charge >= 0.3 is 0 Å². The predicted molar refractivity (Wildman–Crippen MR) is 89.0 cm³/mol. The zero-order valence-corrected chi connectivity index (χ0v) is 14.3. The van der Waals surface area contributed by atoms with Crippen molar-refractivity contribution >= 4 is 29.9 Å². The first-order valence-electron chi connectivity index (χ1n) is 6.76. The first-order valence-corrected chi connectivity index (χ1v) is 7.14. The van der Waals surface area contributed by atoms with Crippen LogP contribution < -0.4 is 11.1 Å². The zero-order chi connectivity index (χ0) is 15.2. The quantitative estimate of drug-likeness (QED) is 0.805. The van der Waals surface area contributed by atoms with E-state index in [-0.39, 0.29) is 24.4 Å². The summed E-state index contributed by atoms with van der Waals surface area (Å²) < 4.78 is 5.40. The van der Waals surface area contributed by atoms with Crippen molar-refractivity contribution in [1.82, 2.24) is 5.32 Å². The minimum absolute atomic E-state index is 0. The summed E-state index contributed by atoms with van der Waals surface area (Å²) in [5.41, 5.74) is 6.07. The van der Waals surface area contributed by atoms with Crippen molar-refractivity contribution in [2.45, 2.75) is 38.3 Å². The van der Waals surface area contributed by atoms with Crippen LogP contribution >= 0.6 is 24.0 Å². The summed E-state index contributed by atoms with van der Waals surface area (Å²) in [4.78, 5) is 12.1. The van der Waals surface area contributed by atoms with Gasteiger partial charge in [0.15, 0.2) is 0 Å². The predicted octanol–water partition coefficient (Wildman–Crippen LogP) is 3.08. The monoisotopic (exact) mass is 334 g/mol. The molecule has 0 saturated heterocycles. The second-order valence-corrected chi connectivity index (χ2v) is 5.59. The molecule has 0 bridgehead atoms. The van der Waals surface area contributed by atoms with Gasteiger partial charge in [-0.3, -0.25) is 4.79 Å². The highest BCUT2D eigenvalue weighted by atomic mass is 35.5. The summed E-state index contributed by atoms with van der Waals surface area (Å²) in [6.45, 7) is 4.11. The largest absolute Gasteiger partial charge is 0.375 e. The Morgan fingerprint density at radius 2 is 2.19 bits per heavy atom. The van der Waals surface area contributed by atoms with E-state index < -0.39 is 5.54 Å². The molecule has 0 aliphatic carbocycles. The van der Waals surface area contributed by atoms with Crippen molar-refractivity contribution in [3.8, 4) is 0 Å². The van der Waals surface area contributed by atoms with Gasteiger partial charge in [0.2, 0.25) is 5.91 Å². The average Bonchev–Trinajstić information content (AvgIpc) is 2.39. The zero-order valence-electron chi connectivity index (χ0n) is 12.7. The molecule has 0 saturated carbocycles. The Bertz CT molecular complexity index is 453. The number of benzene rings is 1. The molecule has 1 amide bonds. The first kappa shape index (κ1) is 20.2. The van der Waals surface area contributed by atoms with E-state index in [1.165, 1.54) is 0 Å². The van der Waals surface area contributed by atoms with Crippen molar-refractivity contribution in [1.29, 1.82) is 0 Å². The summed E-state index contributed by atoms with van der Waals surface area (Å²) in [6, 6.07) is 7.40. The van der Waals surface area contributed by atoms with Gasteiger partial charge in [0, 0.05) is 18.7 Å². The molecule has 4 nitrogen and oxygen atoms in total. The van der Waals surface area contributed by atoms with Crippen LogP contribution in [0.5, 0.6) is 0 Å². The van der Waals surface area contributed by atoms with Crippen LogP contribution in [0.2, 0.25) is 5.02 Å². The highest BCUT2D eigenvalue weighted by Gasteiger charge is 2.27. The second kappa shape index (κ2) is 9.26. The molecule has 1 rings (SSSR count). The van der Waals surface area contributed by atoms with Gasteiger partial charge in [0.25, 0.3) is 0 Å². The molecular weight excluding hydrogens is 311 g/mol. The molecule has 3 N–H and O–H groups in total. The number of amides is 1. The van der Waals surface area contributed by atoms with Crippen molar-refractivity contribution in [3.63, 3.8) is 0 Å². The lowest BCUT2D eigenvalue weighted by Crippen LogP contribution is -2.52. The fraction of sp³-hybridized carbons (Fsp3) is 0.533. The number of hydrogen-bond acceptors (Lipinski definition) is 3. The van der Waals surface area contributed by atoms with Crippen LogP contribution in [0.25, 0.3) is 0 Å². The van der Waals surface area contributed by atoms with Crippen LogP contribution in [0.4, 0.5) is 0 Å². The number of carbonyl (C=O) groups excluding carboxylic acids is 1. The Balaban J connectivity index is 0.00000400. The summed E-state index contributed by atoms with van der Waals surface area (Å²) in [6.07, 6.45) is 1.27. The van der Waals surface area contributed by atoms with Crippen molar-refractivity contribution in [2.24, 2.45) is 5.73 Å². The third-order valence-corrected chi connectivity index (χ3v) is 3.48. The lowest BCUT2D eigenvalue weighted by atomic mass is 9.96. The van der Waals surface area contributed by atoms with Crippen molar-refractivity contribution < 1.29 is 9.53 Å². The van der Waals surface area contributed by atoms with E-state index in [2.05, 4.69) is 5.32 Å². The van der Waals surface area contributed by atoms with Crippen LogP contribution in [0.1, 0.15) is 38.4 Å². The third kappa shape index (κ3) is 6.22. The van der Waals surface area contributed by atoms with E-state index in [9.17, 15) is 4.79 Å². The number of halogens is 2. The van der Waals surface area contributed by atoms with E-state index in [0.717, 1.165) is 12.0 Å². The van der Waals surface area contributed by atoms with Gasteiger partial charge < -0.3 is 15.8 Å². The fourth-order valence-corrected chi connectivity index (χ4v) is 2.26. The lowest BCUT2D eigenvalue weighted by molar-refractivity contribution is -0.126. The Morgan fingerprint density at radius 3 is 2.71 bits per heavy atom. The van der Waals surface area contributed by atoms with Crippen LogP contribution in [0, 0.1) is 0 Å². The van der Waals surface area contributed by atoms with Crippen molar-refractivity contribution in [3.05, 3.63) is 34.9 Å². The lowest BCUT2D eigenvalue weighted by Gasteiger charge is -2.24. The number of methoxy groups -OCH3 is 1. The van der Waals surface area contributed by atoms with Gasteiger partial charge in [0.05, 0.1) is 11.6 Å². The fourth-order valence-electron chi connectivity index (χ4n) is 2.06. The number of ether oxygens (including phenoxy) is 1. The maximum atomic E-state index is 12.1. The van der Waals surface area contributed by atoms with E-state index >= 15 is 0 Å². The Hall–Kier alpha value is -0.810. The average molecular weight is 335 g/mol. The molecule has 0 radical (unpaired) electrons. The normalized spacial score (nSPS) is 14.7. The van der Waals surface area contributed by atoms with E-state index in [1.807, 2.05) is 25.1 Å². The summed E-state index contributed by atoms with van der Waals surface area (Å²) in [5, 5.41) is 3.49. The standard InChI is InChI=1S/C15H23ClN2O2.ClH/c1-4-8-15(2,17)14(19)18-10-13(20-3)11-6-5-7-12(16)9-11;/h5-7,9,13H,4,8,10,17H2,1-3H3,(H,18,19);1H. The van der Waals surface area contributed by atoms with Crippen LogP contribution in [0.15, 0.2) is 24.3 Å². The summed E-state index contributed by atoms with van der Waals surface area (Å²) in [5.74, 6) is -0.163. The summed E-state index contributed by atoms with van der Waals surface area (Å²) >= 11 is 5.96. The molecular formula is C15H24Cl2N2O2. The minimum atomic E-state index is -0.846. The van der Waals surface area contributed by atoms with Gasteiger partial charge in [-0.2, -0.15) is 0 Å². The molecule has 0 fully saturated rings. The van der Waals surface area contributed by atoms with Crippen LogP contribution in [-0.2, 0) is 9.53 Å². The van der Waals surface area contributed by atoms with Gasteiger partial charge in [0.1, 0.15) is 0 Å². The molecule has 1 aromatic carbocycles. The van der Waals surface area contributed by atoms with E-state index in [0.29, 0.717) is 18.0 Å². The number of nitrogens with two attached hydrogens (primary N) is 1. The number of rotatable bonds is 7. The van der Waals surface area contributed by atoms with Crippen LogP contribution in [-0.4, -0.2) is 25.1 Å². The highest BCUT2D eigenvalue weighted by molar-refractivity contribution is 6.30. The van der Waals surface area contributed by atoms with Gasteiger partial charge in [-0.05, 0) is 31.0 Å². The SMILES string of the molecule is CCCC(C)(N)C(=O)NCC(OC)c1cccc(Cl)c1.Cl. The number of nitrogens with one attached hydrogen (secondary N) is 1. The number of hydrogen-bond donors (Lipinski definition) is 2. The third-order valence-electron chi connectivity index (χ3n) is 3.24. The van der Waals surface area contributed by atoms with Gasteiger partial charge in [-0.1, -0.05) is 37.1 Å². The van der Waals surface area contributed by atoms with Gasteiger partial charge in [-0.15, -0.1) is 12.4 Å². The smallest absolute Gasteiger partial charge is 0.239 e. The molecule has 2 unspecified atom stereocenters. The molecule has 2 atom stereocenters. The summed E-state index contributed by atoms with van der Waals surface area (Å²) in [7, 11) is 1.60.